The van der Waals surface area contributed by atoms with Gasteiger partial charge in [-0.25, -0.2) is 0 Å². The molecule has 0 aliphatic carbocycles. The molecule has 4 rings (SSSR count). The van der Waals surface area contributed by atoms with Crippen molar-refractivity contribution in [1.82, 2.24) is 14.4 Å². The van der Waals surface area contributed by atoms with Crippen LogP contribution in [-0.2, 0) is 11.3 Å². The lowest BCUT2D eigenvalue weighted by Crippen LogP contribution is -2.41. The molecule has 1 atom stereocenters. The van der Waals surface area contributed by atoms with Crippen LogP contribution in [0.15, 0.2) is 29.1 Å². The number of hydrogen-bond acceptors (Lipinski definition) is 5. The van der Waals surface area contributed by atoms with E-state index in [9.17, 15) is 14.4 Å². The summed E-state index contributed by atoms with van der Waals surface area (Å²) in [6.45, 7) is 7.94. The van der Waals surface area contributed by atoms with Gasteiger partial charge in [0.2, 0.25) is 5.91 Å². The minimum Gasteiger partial charge on any atom is -0.494 e. The number of amides is 2. The lowest BCUT2D eigenvalue weighted by atomic mass is 10.1. The lowest BCUT2D eigenvalue weighted by Gasteiger charge is -2.26. The maximum absolute atomic E-state index is 13.6. The molecule has 7 nitrogen and oxygen atoms in total. The van der Waals surface area contributed by atoms with E-state index in [1.54, 1.807) is 11.8 Å². The number of likely N-dealkylation sites (tertiary alicyclic amines) is 1. The lowest BCUT2D eigenvalue weighted by molar-refractivity contribution is -0.130. The number of hydrogen-bond donors (Lipinski definition) is 0. The van der Waals surface area contributed by atoms with Crippen LogP contribution in [0.5, 0.6) is 5.75 Å². The zero-order valence-corrected chi connectivity index (χ0v) is 20.5. The molecular weight excluding hydrogens is 438 g/mol. The highest BCUT2D eigenvalue weighted by atomic mass is 32.1. The zero-order chi connectivity index (χ0) is 23.7. The van der Waals surface area contributed by atoms with Crippen LogP contribution in [0.3, 0.4) is 0 Å². The molecule has 2 amide bonds. The third-order valence-corrected chi connectivity index (χ3v) is 7.73. The molecule has 1 aromatic carbocycles. The van der Waals surface area contributed by atoms with Gasteiger partial charge in [-0.1, -0.05) is 31.5 Å². The van der Waals surface area contributed by atoms with E-state index >= 15 is 0 Å². The van der Waals surface area contributed by atoms with Crippen molar-refractivity contribution in [2.75, 3.05) is 26.7 Å². The van der Waals surface area contributed by atoms with Crippen molar-refractivity contribution in [3.8, 4) is 5.75 Å². The van der Waals surface area contributed by atoms with Crippen LogP contribution in [-0.4, -0.2) is 59.0 Å². The average Bonchev–Trinajstić information content (AvgIpc) is 3.44. The van der Waals surface area contributed by atoms with Gasteiger partial charge in [0.25, 0.3) is 11.5 Å². The summed E-state index contributed by atoms with van der Waals surface area (Å²) in [6.07, 6.45) is 2.63. The van der Waals surface area contributed by atoms with E-state index in [4.69, 9.17) is 4.74 Å². The molecule has 1 saturated heterocycles. The van der Waals surface area contributed by atoms with Crippen LogP contribution in [0.1, 0.15) is 49.7 Å². The van der Waals surface area contributed by atoms with Crippen molar-refractivity contribution in [1.29, 1.82) is 0 Å². The van der Waals surface area contributed by atoms with Crippen LogP contribution in [0.25, 0.3) is 21.0 Å². The largest absolute Gasteiger partial charge is 0.494 e. The standard InChI is InChI=1S/C25H31N3O4S/c1-5-7-13-28-19-11-9-8-10-18(19)22-20(24(28)30)21(32-4)23(33-22)25(31)26-14-12-17(15-26)27(6-2)16(3)29/h8-11,17H,5-7,12-15H2,1-4H3. The van der Waals surface area contributed by atoms with Crippen LogP contribution in [0.4, 0.5) is 0 Å². The molecule has 0 bridgehead atoms. The van der Waals surface area contributed by atoms with Crippen molar-refractivity contribution in [3.63, 3.8) is 0 Å². The predicted molar refractivity (Wildman–Crippen MR) is 132 cm³/mol. The number of likely N-dealkylation sites (N-methyl/N-ethyl adjacent to an activating group) is 1. The Hall–Kier alpha value is -2.87. The predicted octanol–water partition coefficient (Wildman–Crippen LogP) is 4.11. The Bertz CT molecular complexity index is 1260. The Morgan fingerprint density at radius 2 is 2.00 bits per heavy atom. The van der Waals surface area contributed by atoms with Crippen molar-refractivity contribution in [3.05, 3.63) is 39.5 Å². The summed E-state index contributed by atoms with van der Waals surface area (Å²) in [4.78, 5) is 43.1. The van der Waals surface area contributed by atoms with Crippen molar-refractivity contribution in [2.24, 2.45) is 0 Å². The number of unbranched alkanes of at least 4 members (excludes halogenated alkanes) is 1. The van der Waals surface area contributed by atoms with Gasteiger partial charge in [-0.3, -0.25) is 14.4 Å². The highest BCUT2D eigenvalue weighted by Gasteiger charge is 2.34. The number of thiophene rings is 1. The Morgan fingerprint density at radius 1 is 1.24 bits per heavy atom. The van der Waals surface area contributed by atoms with Crippen molar-refractivity contribution in [2.45, 2.75) is 52.6 Å². The number of benzene rings is 1. The quantitative estimate of drug-likeness (QED) is 0.522. The number of nitrogens with zero attached hydrogens (tertiary/aromatic N) is 3. The zero-order valence-electron chi connectivity index (χ0n) is 19.7. The first kappa shape index (κ1) is 23.3. The fourth-order valence-corrected chi connectivity index (χ4v) is 6.14. The number of rotatable bonds is 7. The summed E-state index contributed by atoms with van der Waals surface area (Å²) in [5, 5.41) is 1.44. The molecule has 0 radical (unpaired) electrons. The molecule has 1 fully saturated rings. The molecule has 2 aromatic heterocycles. The summed E-state index contributed by atoms with van der Waals surface area (Å²) in [6, 6.07) is 7.87. The Labute approximate surface area is 197 Å². The van der Waals surface area contributed by atoms with E-state index in [-0.39, 0.29) is 23.4 Å². The normalized spacial score (nSPS) is 16.0. The fourth-order valence-electron chi connectivity index (χ4n) is 4.88. The van der Waals surface area contributed by atoms with Gasteiger partial charge < -0.3 is 19.1 Å². The third-order valence-electron chi connectivity index (χ3n) is 6.53. The van der Waals surface area contributed by atoms with Gasteiger partial charge in [0.05, 0.1) is 23.4 Å². The van der Waals surface area contributed by atoms with Gasteiger partial charge in [-0.05, 0) is 25.8 Å². The second kappa shape index (κ2) is 9.55. The maximum atomic E-state index is 13.6. The van der Waals surface area contributed by atoms with E-state index in [0.29, 0.717) is 42.2 Å². The SMILES string of the molecule is CCCCn1c(=O)c2c(OC)c(C(=O)N3CCC(N(CC)C(C)=O)C3)sc2c2ccccc21. The summed E-state index contributed by atoms with van der Waals surface area (Å²) in [5.41, 5.74) is 0.768. The first-order valence-electron chi connectivity index (χ1n) is 11.6. The number of aryl methyl sites for hydroxylation is 1. The van der Waals surface area contributed by atoms with E-state index in [1.165, 1.54) is 18.4 Å². The minimum atomic E-state index is -0.140. The number of fused-ring (bicyclic) bond motifs is 3. The second-order valence-electron chi connectivity index (χ2n) is 8.49. The number of carbonyl (C=O) groups is 2. The molecule has 1 unspecified atom stereocenters. The molecular formula is C25H31N3O4S. The summed E-state index contributed by atoms with van der Waals surface area (Å²) in [7, 11) is 1.52. The van der Waals surface area contributed by atoms with E-state index in [2.05, 4.69) is 6.92 Å². The summed E-state index contributed by atoms with van der Waals surface area (Å²) >= 11 is 1.33. The molecule has 0 spiro atoms. The van der Waals surface area contributed by atoms with Gasteiger partial charge >= 0.3 is 0 Å². The number of pyridine rings is 1. The van der Waals surface area contributed by atoms with Crippen LogP contribution in [0, 0.1) is 0 Å². The smallest absolute Gasteiger partial charge is 0.267 e. The molecule has 8 heteroatoms. The fraction of sp³-hybridized carbons (Fsp3) is 0.480. The molecule has 1 aliphatic heterocycles. The first-order chi connectivity index (χ1) is 15.9. The maximum Gasteiger partial charge on any atom is 0.267 e. The average molecular weight is 470 g/mol. The second-order valence-corrected chi connectivity index (χ2v) is 9.52. The first-order valence-corrected chi connectivity index (χ1v) is 12.4. The van der Waals surface area contributed by atoms with Gasteiger partial charge in [-0.15, -0.1) is 11.3 Å². The monoisotopic (exact) mass is 469 g/mol. The number of para-hydroxylation sites is 1. The number of methoxy groups -OCH3 is 1. The molecule has 1 aliphatic rings. The number of ether oxygens (including phenoxy) is 1. The molecule has 0 N–H and O–H groups in total. The number of aromatic nitrogens is 1. The van der Waals surface area contributed by atoms with Crippen LogP contribution >= 0.6 is 11.3 Å². The van der Waals surface area contributed by atoms with Gasteiger partial charge in [0.15, 0.2) is 5.75 Å². The molecule has 0 saturated carbocycles. The topological polar surface area (TPSA) is 71.8 Å². The molecule has 33 heavy (non-hydrogen) atoms. The minimum absolute atomic E-state index is 0.0175. The molecule has 176 valence electrons. The highest BCUT2D eigenvalue weighted by Crippen LogP contribution is 2.40. The van der Waals surface area contributed by atoms with E-state index < -0.39 is 0 Å². The van der Waals surface area contributed by atoms with Crippen LogP contribution in [0.2, 0.25) is 0 Å². The van der Waals surface area contributed by atoms with Crippen LogP contribution < -0.4 is 10.3 Å². The third kappa shape index (κ3) is 4.01. The van der Waals surface area contributed by atoms with Gasteiger partial charge in [-0.2, -0.15) is 0 Å². The van der Waals surface area contributed by atoms with Crippen molar-refractivity contribution < 1.29 is 14.3 Å². The van der Waals surface area contributed by atoms with Gasteiger partial charge in [0.1, 0.15) is 10.3 Å². The Morgan fingerprint density at radius 3 is 2.67 bits per heavy atom. The molecule has 3 aromatic rings. The van der Waals surface area contributed by atoms with Crippen molar-refractivity contribution >= 4 is 44.1 Å². The van der Waals surface area contributed by atoms with Gasteiger partial charge in [0, 0.05) is 38.5 Å². The van der Waals surface area contributed by atoms with E-state index in [0.717, 1.165) is 34.9 Å². The Kier molecular flexibility index (Phi) is 6.74. The highest BCUT2D eigenvalue weighted by molar-refractivity contribution is 7.22. The Balaban J connectivity index is 1.80. The molecule has 3 heterocycles. The summed E-state index contributed by atoms with van der Waals surface area (Å²) in [5.74, 6) is 0.248. The van der Waals surface area contributed by atoms with E-state index in [1.807, 2.05) is 40.7 Å². The summed E-state index contributed by atoms with van der Waals surface area (Å²) < 4.78 is 8.29. The number of carbonyl (C=O) groups excluding carboxylic acids is 2.